The minimum Gasteiger partial charge on any atom is -0.396 e. The highest BCUT2D eigenvalue weighted by atomic mass is 16.5. The summed E-state index contributed by atoms with van der Waals surface area (Å²) in [7, 11) is 0. The summed E-state index contributed by atoms with van der Waals surface area (Å²) in [5.74, 6) is 1.67. The Morgan fingerprint density at radius 1 is 1.21 bits per heavy atom. The van der Waals surface area contributed by atoms with Crippen molar-refractivity contribution in [3.63, 3.8) is 0 Å². The van der Waals surface area contributed by atoms with Crippen molar-refractivity contribution in [3.8, 4) is 0 Å². The molecule has 24 heavy (non-hydrogen) atoms. The Morgan fingerprint density at radius 3 is 2.67 bits per heavy atom. The maximum absolute atomic E-state index is 12.0. The lowest BCUT2D eigenvalue weighted by Gasteiger charge is -2.05. The average molecular weight is 329 g/mol. The number of carbonyl (C=O) groups is 1. The number of nitrogens with zero attached hydrogens (tertiary/aromatic N) is 2. The zero-order chi connectivity index (χ0) is 16.8. The van der Waals surface area contributed by atoms with Crippen LogP contribution in [0.5, 0.6) is 0 Å². The van der Waals surface area contributed by atoms with Gasteiger partial charge < -0.3 is 14.9 Å². The molecule has 0 aliphatic heterocycles. The van der Waals surface area contributed by atoms with Crippen molar-refractivity contribution in [3.05, 3.63) is 41.5 Å². The predicted octanol–water partition coefficient (Wildman–Crippen LogP) is 2.83. The van der Waals surface area contributed by atoms with E-state index in [0.29, 0.717) is 31.1 Å². The van der Waals surface area contributed by atoms with Crippen molar-refractivity contribution in [2.24, 2.45) is 0 Å². The number of benzene rings is 1. The highest BCUT2D eigenvalue weighted by Gasteiger charge is 2.22. The monoisotopic (exact) mass is 329 g/mol. The van der Waals surface area contributed by atoms with Crippen LogP contribution in [0, 0.1) is 0 Å². The molecular formula is C18H23N3O3. The van der Waals surface area contributed by atoms with Gasteiger partial charge in [0, 0.05) is 31.1 Å². The van der Waals surface area contributed by atoms with Gasteiger partial charge in [0.2, 0.25) is 11.8 Å². The van der Waals surface area contributed by atoms with Crippen LogP contribution >= 0.6 is 0 Å². The number of aliphatic hydroxyl groups is 1. The van der Waals surface area contributed by atoms with Crippen LogP contribution in [0.15, 0.2) is 28.8 Å². The molecule has 6 heteroatoms. The van der Waals surface area contributed by atoms with E-state index in [1.807, 2.05) is 24.3 Å². The van der Waals surface area contributed by atoms with Gasteiger partial charge in [-0.05, 0) is 37.0 Å². The van der Waals surface area contributed by atoms with Gasteiger partial charge in [-0.15, -0.1) is 0 Å². The second kappa shape index (κ2) is 8.06. The topological polar surface area (TPSA) is 88.2 Å². The van der Waals surface area contributed by atoms with E-state index in [0.717, 1.165) is 29.9 Å². The first-order valence-corrected chi connectivity index (χ1v) is 8.57. The number of amides is 1. The predicted molar refractivity (Wildman–Crippen MR) is 89.7 cm³/mol. The van der Waals surface area contributed by atoms with Crippen molar-refractivity contribution in [2.45, 2.75) is 50.9 Å². The quantitative estimate of drug-likeness (QED) is 0.815. The molecule has 128 valence electrons. The third-order valence-electron chi connectivity index (χ3n) is 4.41. The van der Waals surface area contributed by atoms with Crippen molar-refractivity contribution in [2.75, 3.05) is 11.9 Å². The zero-order valence-electron chi connectivity index (χ0n) is 13.7. The van der Waals surface area contributed by atoms with Gasteiger partial charge in [-0.1, -0.05) is 30.1 Å². The lowest BCUT2D eigenvalue weighted by Crippen LogP contribution is -2.12. The number of hydrogen-bond acceptors (Lipinski definition) is 5. The number of nitrogens with one attached hydrogen (secondary N) is 1. The van der Waals surface area contributed by atoms with E-state index in [2.05, 4.69) is 15.5 Å². The third-order valence-corrected chi connectivity index (χ3v) is 4.41. The SMILES string of the molecule is O=C(CCc1nc(C2CCCC2)no1)Nc1ccc(CCO)cc1. The fraction of sp³-hybridized carbons (Fsp3) is 0.500. The number of hydrogen-bond donors (Lipinski definition) is 2. The number of anilines is 1. The van der Waals surface area contributed by atoms with Gasteiger partial charge in [0.15, 0.2) is 5.82 Å². The minimum atomic E-state index is -0.0782. The highest BCUT2D eigenvalue weighted by molar-refractivity contribution is 5.90. The standard InChI is InChI=1S/C18H23N3O3/c22-12-11-13-5-7-15(8-6-13)19-16(23)9-10-17-20-18(21-24-17)14-3-1-2-4-14/h5-8,14,22H,1-4,9-12H2,(H,19,23). The first-order chi connectivity index (χ1) is 11.7. The average Bonchev–Trinajstić information content (AvgIpc) is 3.26. The van der Waals surface area contributed by atoms with Gasteiger partial charge in [-0.25, -0.2) is 0 Å². The van der Waals surface area contributed by atoms with E-state index < -0.39 is 0 Å². The zero-order valence-corrected chi connectivity index (χ0v) is 13.7. The van der Waals surface area contributed by atoms with Crippen LogP contribution < -0.4 is 5.32 Å². The van der Waals surface area contributed by atoms with Crippen LogP contribution in [0.1, 0.15) is 55.3 Å². The molecule has 6 nitrogen and oxygen atoms in total. The first kappa shape index (κ1) is 16.6. The van der Waals surface area contributed by atoms with Crippen molar-refractivity contribution >= 4 is 11.6 Å². The molecule has 0 radical (unpaired) electrons. The number of rotatable bonds is 7. The molecule has 1 amide bonds. The molecule has 1 aromatic heterocycles. The van der Waals surface area contributed by atoms with Gasteiger partial charge >= 0.3 is 0 Å². The molecule has 1 aromatic carbocycles. The Labute approximate surface area is 141 Å². The van der Waals surface area contributed by atoms with Crippen LogP contribution in [-0.4, -0.2) is 27.8 Å². The number of aryl methyl sites for hydroxylation is 1. The van der Waals surface area contributed by atoms with E-state index >= 15 is 0 Å². The molecule has 0 bridgehead atoms. The fourth-order valence-electron chi connectivity index (χ4n) is 3.05. The summed E-state index contributed by atoms with van der Waals surface area (Å²) in [5, 5.41) is 15.8. The van der Waals surface area contributed by atoms with Crippen LogP contribution in [0.4, 0.5) is 5.69 Å². The molecule has 1 fully saturated rings. The van der Waals surface area contributed by atoms with E-state index in [1.54, 1.807) is 0 Å². The Kier molecular flexibility index (Phi) is 5.59. The molecule has 0 atom stereocenters. The van der Waals surface area contributed by atoms with E-state index in [1.165, 1.54) is 12.8 Å². The summed E-state index contributed by atoms with van der Waals surface area (Å²) in [5.41, 5.74) is 1.79. The second-order valence-electron chi connectivity index (χ2n) is 6.25. The van der Waals surface area contributed by atoms with Gasteiger partial charge in [0.25, 0.3) is 0 Å². The first-order valence-electron chi connectivity index (χ1n) is 8.57. The van der Waals surface area contributed by atoms with Crippen molar-refractivity contribution < 1.29 is 14.4 Å². The summed E-state index contributed by atoms with van der Waals surface area (Å²) in [4.78, 5) is 16.4. The number of carbonyl (C=O) groups excluding carboxylic acids is 1. The van der Waals surface area contributed by atoms with Gasteiger partial charge in [-0.2, -0.15) is 4.98 Å². The number of aromatic nitrogens is 2. The molecule has 1 saturated carbocycles. The molecule has 0 saturated heterocycles. The molecule has 0 spiro atoms. The molecule has 1 aliphatic rings. The molecule has 2 aromatic rings. The summed E-state index contributed by atoms with van der Waals surface area (Å²) in [6.45, 7) is 0.124. The normalized spacial score (nSPS) is 14.9. The summed E-state index contributed by atoms with van der Waals surface area (Å²) < 4.78 is 5.26. The van der Waals surface area contributed by atoms with Crippen LogP contribution in [-0.2, 0) is 17.6 Å². The van der Waals surface area contributed by atoms with Gasteiger partial charge in [0.1, 0.15) is 0 Å². The van der Waals surface area contributed by atoms with Crippen LogP contribution in [0.25, 0.3) is 0 Å². The smallest absolute Gasteiger partial charge is 0.227 e. The molecule has 3 rings (SSSR count). The summed E-state index contributed by atoms with van der Waals surface area (Å²) >= 11 is 0. The van der Waals surface area contributed by atoms with Gasteiger partial charge in [-0.3, -0.25) is 4.79 Å². The summed E-state index contributed by atoms with van der Waals surface area (Å²) in [6, 6.07) is 7.48. The molecular weight excluding hydrogens is 306 g/mol. The summed E-state index contributed by atoms with van der Waals surface area (Å²) in [6.07, 6.45) is 6.10. The maximum Gasteiger partial charge on any atom is 0.227 e. The van der Waals surface area contributed by atoms with Crippen molar-refractivity contribution in [1.29, 1.82) is 0 Å². The maximum atomic E-state index is 12.0. The molecule has 1 heterocycles. The highest BCUT2D eigenvalue weighted by Crippen LogP contribution is 2.32. The van der Waals surface area contributed by atoms with E-state index in [9.17, 15) is 4.79 Å². The van der Waals surface area contributed by atoms with E-state index in [-0.39, 0.29) is 12.5 Å². The largest absolute Gasteiger partial charge is 0.396 e. The Hall–Kier alpha value is -2.21. The lowest BCUT2D eigenvalue weighted by atomic mass is 10.1. The van der Waals surface area contributed by atoms with Crippen LogP contribution in [0.3, 0.4) is 0 Å². The van der Waals surface area contributed by atoms with Gasteiger partial charge in [0.05, 0.1) is 0 Å². The van der Waals surface area contributed by atoms with Crippen molar-refractivity contribution in [1.82, 2.24) is 10.1 Å². The molecule has 1 aliphatic carbocycles. The third kappa shape index (κ3) is 4.41. The Balaban J connectivity index is 1.46. The Bertz CT molecular complexity index is 660. The van der Waals surface area contributed by atoms with Crippen LogP contribution in [0.2, 0.25) is 0 Å². The Morgan fingerprint density at radius 2 is 1.96 bits per heavy atom. The molecule has 2 N–H and O–H groups in total. The van der Waals surface area contributed by atoms with E-state index in [4.69, 9.17) is 9.63 Å². The molecule has 0 unspecified atom stereocenters. The number of aliphatic hydroxyl groups excluding tert-OH is 1. The fourth-order valence-corrected chi connectivity index (χ4v) is 3.05. The second-order valence-corrected chi connectivity index (χ2v) is 6.25. The minimum absolute atomic E-state index is 0.0782. The lowest BCUT2D eigenvalue weighted by molar-refractivity contribution is -0.116.